The molecule has 0 spiro atoms. The van der Waals surface area contributed by atoms with Crippen LogP contribution in [0.1, 0.15) is 126 Å². The molecule has 8 atom stereocenters. The van der Waals surface area contributed by atoms with Crippen LogP contribution in [0.4, 0.5) is 0 Å². The van der Waals surface area contributed by atoms with Crippen molar-refractivity contribution in [1.29, 1.82) is 0 Å². The van der Waals surface area contributed by atoms with Gasteiger partial charge in [-0.2, -0.15) is 0 Å². The minimum absolute atomic E-state index is 0.271. The van der Waals surface area contributed by atoms with Crippen LogP contribution in [0.3, 0.4) is 0 Å². The topological polar surface area (TPSA) is 29.5 Å². The fourth-order valence-electron chi connectivity index (χ4n) is 8.72. The van der Waals surface area contributed by atoms with Crippen molar-refractivity contribution in [3.8, 4) is 0 Å². The van der Waals surface area contributed by atoms with E-state index in [0.717, 1.165) is 24.2 Å². The SMILES string of the molecule is C[C@H](CCCC(C)(C)C)C1CCC2C(O)(/C=C/C34CC(O[Si](C)(C)C(C)(C)C)CC3C4)CCC[C@]12C. The summed E-state index contributed by atoms with van der Waals surface area (Å²) in [5.41, 5.74) is 0.442. The van der Waals surface area contributed by atoms with Crippen molar-refractivity contribution < 1.29 is 9.53 Å². The van der Waals surface area contributed by atoms with Crippen molar-refractivity contribution >= 4 is 8.32 Å². The van der Waals surface area contributed by atoms with Crippen LogP contribution in [0, 0.1) is 39.9 Å². The predicted octanol–water partition coefficient (Wildman–Crippen LogP) is 9.53. The number of aliphatic hydroxyl groups is 1. The summed E-state index contributed by atoms with van der Waals surface area (Å²) in [6.07, 6.45) is 18.9. The predicted molar refractivity (Wildman–Crippen MR) is 157 cm³/mol. The Labute approximate surface area is 225 Å². The van der Waals surface area contributed by atoms with Crippen molar-refractivity contribution in [2.45, 2.75) is 156 Å². The fraction of sp³-hybridized carbons (Fsp3) is 0.939. The molecule has 0 bridgehead atoms. The highest BCUT2D eigenvalue weighted by molar-refractivity contribution is 6.74. The zero-order valence-electron chi connectivity index (χ0n) is 25.7. The van der Waals surface area contributed by atoms with Gasteiger partial charge in [-0.15, -0.1) is 0 Å². The van der Waals surface area contributed by atoms with Gasteiger partial charge < -0.3 is 9.53 Å². The molecule has 0 radical (unpaired) electrons. The fourth-order valence-corrected chi connectivity index (χ4v) is 10.1. The highest BCUT2D eigenvalue weighted by Crippen LogP contribution is 2.67. The van der Waals surface area contributed by atoms with Gasteiger partial charge in [0.2, 0.25) is 0 Å². The second-order valence-electron chi connectivity index (χ2n) is 16.9. The Bertz CT molecular complexity index is 819. The summed E-state index contributed by atoms with van der Waals surface area (Å²) in [5, 5.41) is 12.4. The maximum Gasteiger partial charge on any atom is 0.192 e. The van der Waals surface area contributed by atoms with E-state index in [9.17, 15) is 5.11 Å². The number of allylic oxidation sites excluding steroid dienone is 1. The van der Waals surface area contributed by atoms with Crippen LogP contribution in [0.15, 0.2) is 12.2 Å². The molecule has 1 N–H and O–H groups in total. The van der Waals surface area contributed by atoms with Crippen molar-refractivity contribution in [3.05, 3.63) is 12.2 Å². The third-order valence-corrected chi connectivity index (χ3v) is 16.5. The summed E-state index contributed by atoms with van der Waals surface area (Å²) < 4.78 is 6.83. The molecule has 6 unspecified atom stereocenters. The molecule has 3 heteroatoms. The molecular weight excluding hydrogens is 456 g/mol. The van der Waals surface area contributed by atoms with Crippen molar-refractivity contribution in [2.24, 2.45) is 39.9 Å². The van der Waals surface area contributed by atoms with E-state index in [4.69, 9.17) is 4.43 Å². The van der Waals surface area contributed by atoms with E-state index in [-0.39, 0.29) is 5.04 Å². The molecule has 0 aliphatic heterocycles. The third kappa shape index (κ3) is 5.60. The average molecular weight is 517 g/mol. The van der Waals surface area contributed by atoms with Crippen LogP contribution >= 0.6 is 0 Å². The summed E-state index contributed by atoms with van der Waals surface area (Å²) in [5.74, 6) is 2.74. The zero-order chi connectivity index (χ0) is 26.8. The molecule has 4 aliphatic carbocycles. The number of hydrogen-bond donors (Lipinski definition) is 1. The number of hydrogen-bond acceptors (Lipinski definition) is 2. The summed E-state index contributed by atoms with van der Waals surface area (Å²) in [6, 6.07) is 0. The molecule has 2 nitrogen and oxygen atoms in total. The zero-order valence-corrected chi connectivity index (χ0v) is 26.7. The first-order chi connectivity index (χ1) is 16.4. The van der Waals surface area contributed by atoms with E-state index in [0.29, 0.717) is 28.3 Å². The van der Waals surface area contributed by atoms with Crippen LogP contribution < -0.4 is 0 Å². The molecule has 0 amide bonds. The first-order valence-electron chi connectivity index (χ1n) is 15.5. The second-order valence-corrected chi connectivity index (χ2v) is 21.7. The van der Waals surface area contributed by atoms with E-state index in [1.807, 2.05) is 0 Å². The first kappa shape index (κ1) is 28.9. The lowest BCUT2D eigenvalue weighted by Crippen LogP contribution is -2.49. The summed E-state index contributed by atoms with van der Waals surface area (Å²) in [6.45, 7) is 24.0. The molecular formula is C33H60O2Si. The standard InChI is InChI=1S/C33H60O2Si/c1-24(13-11-16-29(2,3)4)27-14-15-28-31(27,8)17-12-18-33(28,34)20-19-32-22-25(32)21-26(23-32)35-36(9,10)30(5,6)7/h19-20,24-28,34H,11-18,21-23H2,1-10H3/b20-19+/t24-,25?,26?,27?,28?,31-,32?,33?/m1/s1. The molecule has 0 aromatic heterocycles. The van der Waals surface area contributed by atoms with E-state index < -0.39 is 13.9 Å². The van der Waals surface area contributed by atoms with Gasteiger partial charge in [0, 0.05) is 6.10 Å². The van der Waals surface area contributed by atoms with E-state index >= 15 is 0 Å². The van der Waals surface area contributed by atoms with Gasteiger partial charge in [0.1, 0.15) is 0 Å². The largest absolute Gasteiger partial charge is 0.414 e. The van der Waals surface area contributed by atoms with E-state index in [2.05, 4.69) is 80.6 Å². The minimum Gasteiger partial charge on any atom is -0.414 e. The Balaban J connectivity index is 1.40. The summed E-state index contributed by atoms with van der Waals surface area (Å²) >= 11 is 0. The molecule has 0 aromatic rings. The quantitative estimate of drug-likeness (QED) is 0.257. The molecule has 36 heavy (non-hydrogen) atoms. The maximum atomic E-state index is 12.1. The highest BCUT2D eigenvalue weighted by Gasteiger charge is 2.61. The second kappa shape index (κ2) is 9.51. The molecule has 0 saturated heterocycles. The smallest absolute Gasteiger partial charge is 0.192 e. The Morgan fingerprint density at radius 3 is 2.36 bits per heavy atom. The van der Waals surface area contributed by atoms with Gasteiger partial charge in [-0.1, -0.05) is 80.4 Å². The van der Waals surface area contributed by atoms with Crippen LogP contribution in [0.25, 0.3) is 0 Å². The van der Waals surface area contributed by atoms with E-state index in [1.165, 1.54) is 64.2 Å². The first-order valence-corrected chi connectivity index (χ1v) is 18.4. The Hall–Kier alpha value is -0.123. The highest BCUT2D eigenvalue weighted by atomic mass is 28.4. The Morgan fingerprint density at radius 2 is 1.72 bits per heavy atom. The summed E-state index contributed by atoms with van der Waals surface area (Å²) in [4.78, 5) is 0. The minimum atomic E-state index is -1.72. The monoisotopic (exact) mass is 516 g/mol. The molecule has 4 saturated carbocycles. The lowest BCUT2D eigenvalue weighted by Gasteiger charge is -2.50. The lowest BCUT2D eigenvalue weighted by atomic mass is 9.57. The molecule has 4 rings (SSSR count). The van der Waals surface area contributed by atoms with Gasteiger partial charge in [-0.3, -0.25) is 0 Å². The molecule has 0 aromatic carbocycles. The number of fused-ring (bicyclic) bond motifs is 2. The van der Waals surface area contributed by atoms with Gasteiger partial charge in [0.25, 0.3) is 0 Å². The Kier molecular flexibility index (Phi) is 7.63. The molecule has 0 heterocycles. The van der Waals surface area contributed by atoms with Crippen LogP contribution in [0.2, 0.25) is 18.1 Å². The van der Waals surface area contributed by atoms with Crippen molar-refractivity contribution in [2.75, 3.05) is 0 Å². The van der Waals surface area contributed by atoms with Gasteiger partial charge >= 0.3 is 0 Å². The lowest BCUT2D eigenvalue weighted by molar-refractivity contribution is -0.0783. The molecule has 4 fully saturated rings. The van der Waals surface area contributed by atoms with Crippen LogP contribution in [-0.2, 0) is 4.43 Å². The van der Waals surface area contributed by atoms with Gasteiger partial charge in [-0.05, 0) is 116 Å². The van der Waals surface area contributed by atoms with Crippen LogP contribution in [0.5, 0.6) is 0 Å². The molecule has 208 valence electrons. The van der Waals surface area contributed by atoms with Crippen molar-refractivity contribution in [1.82, 2.24) is 0 Å². The summed E-state index contributed by atoms with van der Waals surface area (Å²) in [7, 11) is -1.72. The third-order valence-electron chi connectivity index (χ3n) is 12.0. The van der Waals surface area contributed by atoms with Crippen molar-refractivity contribution in [3.63, 3.8) is 0 Å². The van der Waals surface area contributed by atoms with E-state index in [1.54, 1.807) is 0 Å². The van der Waals surface area contributed by atoms with Gasteiger partial charge in [-0.25, -0.2) is 0 Å². The Morgan fingerprint density at radius 1 is 1.03 bits per heavy atom. The normalized spacial score (nSPS) is 42.0. The van der Waals surface area contributed by atoms with Crippen LogP contribution in [-0.4, -0.2) is 25.1 Å². The van der Waals surface area contributed by atoms with Gasteiger partial charge in [0.15, 0.2) is 8.32 Å². The van der Waals surface area contributed by atoms with Gasteiger partial charge in [0.05, 0.1) is 5.60 Å². The maximum absolute atomic E-state index is 12.1. The molecule has 4 aliphatic rings. The average Bonchev–Trinajstić information content (AvgIpc) is 3.07. The number of rotatable bonds is 8.